The Morgan fingerprint density at radius 3 is 2.28 bits per heavy atom. The van der Waals surface area contributed by atoms with E-state index in [1.807, 2.05) is 24.3 Å². The van der Waals surface area contributed by atoms with Crippen LogP contribution in [0.3, 0.4) is 0 Å². The third kappa shape index (κ3) is 5.14. The molecule has 8 heteroatoms. The summed E-state index contributed by atoms with van der Waals surface area (Å²) in [5.41, 5.74) is 3.49. The third-order valence-corrected chi connectivity index (χ3v) is 6.08. The van der Waals surface area contributed by atoms with Crippen molar-refractivity contribution in [1.29, 1.82) is 0 Å². The minimum absolute atomic E-state index is 0.0757. The van der Waals surface area contributed by atoms with Crippen LogP contribution in [0.1, 0.15) is 15.9 Å². The van der Waals surface area contributed by atoms with E-state index in [4.69, 9.17) is 15.8 Å². The molecule has 0 aliphatic heterocycles. The zero-order chi connectivity index (χ0) is 22.6. The monoisotopic (exact) mass is 464 g/mol. The van der Waals surface area contributed by atoms with Crippen molar-refractivity contribution in [2.45, 2.75) is 4.90 Å². The lowest BCUT2D eigenvalue weighted by Crippen LogP contribution is -2.17. The SMILES string of the molecule is O=C(N/N=C\c1ccc(OS(=O)(=O)c2ccc3ccccc3c2)cc1)c1ccc(Cl)cc1. The van der Waals surface area contributed by atoms with Crippen molar-refractivity contribution < 1.29 is 17.4 Å². The molecule has 1 N–H and O–H groups in total. The second-order valence-corrected chi connectivity index (χ2v) is 8.80. The molecule has 0 radical (unpaired) electrons. The smallest absolute Gasteiger partial charge is 0.339 e. The summed E-state index contributed by atoms with van der Waals surface area (Å²) in [6.07, 6.45) is 1.44. The van der Waals surface area contributed by atoms with Gasteiger partial charge >= 0.3 is 10.1 Å². The molecule has 0 unspecified atom stereocenters. The molecule has 0 saturated heterocycles. The number of nitrogens with zero attached hydrogens (tertiary/aromatic N) is 1. The molecule has 4 aromatic rings. The number of hydrogen-bond acceptors (Lipinski definition) is 5. The summed E-state index contributed by atoms with van der Waals surface area (Å²) < 4.78 is 30.5. The van der Waals surface area contributed by atoms with Gasteiger partial charge in [0, 0.05) is 10.6 Å². The van der Waals surface area contributed by atoms with E-state index in [-0.39, 0.29) is 16.6 Å². The topological polar surface area (TPSA) is 84.8 Å². The Kier molecular flexibility index (Phi) is 6.20. The molecule has 0 saturated carbocycles. The Hall–Kier alpha value is -3.68. The first-order chi connectivity index (χ1) is 15.4. The highest BCUT2D eigenvalue weighted by Gasteiger charge is 2.17. The van der Waals surface area contributed by atoms with Gasteiger partial charge in [0.25, 0.3) is 5.91 Å². The van der Waals surface area contributed by atoms with Crippen LogP contribution < -0.4 is 9.61 Å². The normalized spacial score (nSPS) is 11.5. The number of benzene rings is 4. The number of amides is 1. The minimum atomic E-state index is -3.98. The van der Waals surface area contributed by atoms with Crippen LogP contribution in [-0.4, -0.2) is 20.5 Å². The van der Waals surface area contributed by atoms with Gasteiger partial charge < -0.3 is 4.18 Å². The van der Waals surface area contributed by atoms with Gasteiger partial charge in [-0.2, -0.15) is 13.5 Å². The van der Waals surface area contributed by atoms with E-state index in [2.05, 4.69) is 10.5 Å². The maximum absolute atomic E-state index is 12.6. The van der Waals surface area contributed by atoms with E-state index in [0.29, 0.717) is 16.1 Å². The summed E-state index contributed by atoms with van der Waals surface area (Å²) in [6, 6.07) is 25.0. The van der Waals surface area contributed by atoms with Crippen molar-refractivity contribution in [3.05, 3.63) is 107 Å². The fourth-order valence-electron chi connectivity index (χ4n) is 2.94. The molecule has 6 nitrogen and oxygen atoms in total. The van der Waals surface area contributed by atoms with Crippen LogP contribution in [0.5, 0.6) is 5.75 Å². The third-order valence-electron chi connectivity index (χ3n) is 4.58. The fourth-order valence-corrected chi connectivity index (χ4v) is 4.03. The largest absolute Gasteiger partial charge is 0.379 e. The Morgan fingerprint density at radius 2 is 1.56 bits per heavy atom. The van der Waals surface area contributed by atoms with Crippen LogP contribution in [0.2, 0.25) is 5.02 Å². The zero-order valence-electron chi connectivity index (χ0n) is 16.6. The van der Waals surface area contributed by atoms with Gasteiger partial charge in [0.15, 0.2) is 0 Å². The second kappa shape index (κ2) is 9.21. The van der Waals surface area contributed by atoms with Gasteiger partial charge in [-0.05, 0) is 77.0 Å². The molecule has 4 rings (SSSR count). The van der Waals surface area contributed by atoms with E-state index >= 15 is 0 Å². The lowest BCUT2D eigenvalue weighted by Gasteiger charge is -2.08. The van der Waals surface area contributed by atoms with Crippen molar-refractivity contribution >= 4 is 44.6 Å². The van der Waals surface area contributed by atoms with Crippen LogP contribution in [0.4, 0.5) is 0 Å². The van der Waals surface area contributed by atoms with Gasteiger partial charge in [0.1, 0.15) is 10.6 Å². The lowest BCUT2D eigenvalue weighted by atomic mass is 10.1. The molecule has 1 amide bonds. The average molecular weight is 465 g/mol. The van der Waals surface area contributed by atoms with E-state index in [0.717, 1.165) is 10.8 Å². The van der Waals surface area contributed by atoms with Gasteiger partial charge in [-0.3, -0.25) is 4.79 Å². The summed E-state index contributed by atoms with van der Waals surface area (Å²) in [6.45, 7) is 0. The molecule has 0 bridgehead atoms. The summed E-state index contributed by atoms with van der Waals surface area (Å²) in [5, 5.41) is 6.19. The number of carbonyl (C=O) groups is 1. The van der Waals surface area contributed by atoms with Crippen LogP contribution in [0.25, 0.3) is 10.8 Å². The zero-order valence-corrected chi connectivity index (χ0v) is 18.2. The summed E-state index contributed by atoms with van der Waals surface area (Å²) in [5.74, 6) is -0.208. The Balaban J connectivity index is 1.41. The molecular formula is C24H17ClN2O4S. The van der Waals surface area contributed by atoms with Crippen molar-refractivity contribution in [1.82, 2.24) is 5.43 Å². The van der Waals surface area contributed by atoms with Gasteiger partial charge in [-0.1, -0.05) is 41.9 Å². The highest BCUT2D eigenvalue weighted by molar-refractivity contribution is 7.87. The molecule has 0 aromatic heterocycles. The Morgan fingerprint density at radius 1 is 0.875 bits per heavy atom. The molecule has 0 aliphatic rings. The highest BCUT2D eigenvalue weighted by atomic mass is 35.5. The first-order valence-electron chi connectivity index (χ1n) is 9.53. The predicted octanol–water partition coefficient (Wildman–Crippen LogP) is 5.02. The van der Waals surface area contributed by atoms with Crippen molar-refractivity contribution in [3.63, 3.8) is 0 Å². The first-order valence-corrected chi connectivity index (χ1v) is 11.3. The number of hydrogen-bond donors (Lipinski definition) is 1. The number of rotatable bonds is 6. The number of carbonyl (C=O) groups excluding carboxylic acids is 1. The predicted molar refractivity (Wildman–Crippen MR) is 125 cm³/mol. The number of nitrogens with one attached hydrogen (secondary N) is 1. The van der Waals surface area contributed by atoms with Crippen LogP contribution in [-0.2, 0) is 10.1 Å². The quantitative estimate of drug-likeness (QED) is 0.246. The molecule has 0 spiro atoms. The molecule has 0 aliphatic carbocycles. The molecule has 32 heavy (non-hydrogen) atoms. The van der Waals surface area contributed by atoms with Crippen LogP contribution in [0.15, 0.2) is 101 Å². The highest BCUT2D eigenvalue weighted by Crippen LogP contribution is 2.23. The number of fused-ring (bicyclic) bond motifs is 1. The molecule has 0 atom stereocenters. The summed E-state index contributed by atoms with van der Waals surface area (Å²) >= 11 is 5.80. The van der Waals surface area contributed by atoms with E-state index in [9.17, 15) is 13.2 Å². The molecule has 4 aromatic carbocycles. The number of halogens is 1. The fraction of sp³-hybridized carbons (Fsp3) is 0. The maximum Gasteiger partial charge on any atom is 0.339 e. The van der Waals surface area contributed by atoms with Gasteiger partial charge in [-0.15, -0.1) is 0 Å². The van der Waals surface area contributed by atoms with Crippen LogP contribution in [0, 0.1) is 0 Å². The molecular weight excluding hydrogens is 448 g/mol. The van der Waals surface area contributed by atoms with Crippen molar-refractivity contribution in [2.75, 3.05) is 0 Å². The molecule has 0 heterocycles. The van der Waals surface area contributed by atoms with E-state index < -0.39 is 10.1 Å². The molecule has 160 valence electrons. The minimum Gasteiger partial charge on any atom is -0.379 e. The first kappa shape index (κ1) is 21.5. The van der Waals surface area contributed by atoms with Gasteiger partial charge in [-0.25, -0.2) is 5.43 Å². The van der Waals surface area contributed by atoms with Crippen molar-refractivity contribution in [2.24, 2.45) is 5.10 Å². The molecule has 0 fully saturated rings. The van der Waals surface area contributed by atoms with Crippen LogP contribution >= 0.6 is 11.6 Å². The second-order valence-electron chi connectivity index (χ2n) is 6.82. The Bertz CT molecular complexity index is 1400. The van der Waals surface area contributed by atoms with E-state index in [1.54, 1.807) is 48.5 Å². The van der Waals surface area contributed by atoms with Crippen molar-refractivity contribution in [3.8, 4) is 5.75 Å². The number of hydrazone groups is 1. The summed E-state index contributed by atoms with van der Waals surface area (Å²) in [4.78, 5) is 12.1. The lowest BCUT2D eigenvalue weighted by molar-refractivity contribution is 0.0955. The maximum atomic E-state index is 12.6. The van der Waals surface area contributed by atoms with Gasteiger partial charge in [0.05, 0.1) is 6.21 Å². The average Bonchev–Trinajstić information content (AvgIpc) is 2.80. The summed E-state index contributed by atoms with van der Waals surface area (Å²) in [7, 11) is -3.98. The standard InChI is InChI=1S/C24H17ClN2O4S/c25-21-10-7-19(8-11-21)24(28)27-26-16-17-5-12-22(13-6-17)31-32(29,30)23-14-9-18-3-1-2-4-20(18)15-23/h1-16H,(H,27,28)/b26-16-. The van der Waals surface area contributed by atoms with E-state index in [1.165, 1.54) is 24.4 Å². The Labute approximate surface area is 190 Å². The van der Waals surface area contributed by atoms with Gasteiger partial charge in [0.2, 0.25) is 0 Å².